The first-order chi connectivity index (χ1) is 11.7. The lowest BCUT2D eigenvalue weighted by Crippen LogP contribution is -2.26. The molecule has 0 aliphatic heterocycles. The highest BCUT2D eigenvalue weighted by molar-refractivity contribution is 5.75. The van der Waals surface area contributed by atoms with Gasteiger partial charge in [-0.1, -0.05) is 35.5 Å². The fourth-order valence-corrected chi connectivity index (χ4v) is 2.39. The van der Waals surface area contributed by atoms with Crippen LogP contribution in [0.5, 0.6) is 0 Å². The first kappa shape index (κ1) is 15.9. The van der Waals surface area contributed by atoms with Crippen LogP contribution in [0, 0.1) is 0 Å². The SMILES string of the molecule is CN(Cc1cc(-c2ccccc2)no1)C(=O)CCCn1cncn1. The third kappa shape index (κ3) is 4.07. The van der Waals surface area contributed by atoms with Gasteiger partial charge in [0.05, 0.1) is 6.54 Å². The number of rotatable bonds is 7. The lowest BCUT2D eigenvalue weighted by atomic mass is 10.1. The Morgan fingerprint density at radius 3 is 2.88 bits per heavy atom. The molecule has 1 aromatic carbocycles. The highest BCUT2D eigenvalue weighted by atomic mass is 16.5. The maximum Gasteiger partial charge on any atom is 0.222 e. The summed E-state index contributed by atoms with van der Waals surface area (Å²) in [6.45, 7) is 1.09. The minimum absolute atomic E-state index is 0.0628. The smallest absolute Gasteiger partial charge is 0.222 e. The van der Waals surface area contributed by atoms with Crippen LogP contribution in [0.2, 0.25) is 0 Å². The van der Waals surface area contributed by atoms with Gasteiger partial charge in [-0.05, 0) is 6.42 Å². The van der Waals surface area contributed by atoms with Gasteiger partial charge in [-0.15, -0.1) is 0 Å². The Hall–Kier alpha value is -2.96. The van der Waals surface area contributed by atoms with E-state index in [-0.39, 0.29) is 5.91 Å². The number of hydrogen-bond acceptors (Lipinski definition) is 5. The molecule has 7 nitrogen and oxygen atoms in total. The van der Waals surface area contributed by atoms with Gasteiger partial charge in [0, 0.05) is 31.6 Å². The van der Waals surface area contributed by atoms with Crippen molar-refractivity contribution < 1.29 is 9.32 Å². The van der Waals surface area contributed by atoms with Crippen LogP contribution in [-0.2, 0) is 17.9 Å². The van der Waals surface area contributed by atoms with Crippen molar-refractivity contribution in [1.29, 1.82) is 0 Å². The quantitative estimate of drug-likeness (QED) is 0.666. The molecule has 24 heavy (non-hydrogen) atoms. The van der Waals surface area contributed by atoms with Crippen molar-refractivity contribution in [2.24, 2.45) is 0 Å². The van der Waals surface area contributed by atoms with E-state index in [4.69, 9.17) is 4.52 Å². The highest BCUT2D eigenvalue weighted by Crippen LogP contribution is 2.19. The molecule has 0 bridgehead atoms. The van der Waals surface area contributed by atoms with E-state index < -0.39 is 0 Å². The van der Waals surface area contributed by atoms with Crippen LogP contribution in [0.25, 0.3) is 11.3 Å². The lowest BCUT2D eigenvalue weighted by molar-refractivity contribution is -0.130. The van der Waals surface area contributed by atoms with Gasteiger partial charge in [0.2, 0.25) is 5.91 Å². The van der Waals surface area contributed by atoms with Crippen LogP contribution < -0.4 is 0 Å². The Morgan fingerprint density at radius 1 is 1.29 bits per heavy atom. The Morgan fingerprint density at radius 2 is 2.12 bits per heavy atom. The van der Waals surface area contributed by atoms with Gasteiger partial charge in [0.1, 0.15) is 18.3 Å². The Kier molecular flexibility index (Phi) is 5.00. The molecule has 0 radical (unpaired) electrons. The van der Waals surface area contributed by atoms with E-state index in [9.17, 15) is 4.79 Å². The van der Waals surface area contributed by atoms with E-state index in [1.807, 2.05) is 36.4 Å². The lowest BCUT2D eigenvalue weighted by Gasteiger charge is -2.15. The van der Waals surface area contributed by atoms with E-state index in [2.05, 4.69) is 15.2 Å². The predicted octanol–water partition coefficient (Wildman–Crippen LogP) is 2.37. The van der Waals surface area contributed by atoms with Gasteiger partial charge >= 0.3 is 0 Å². The van der Waals surface area contributed by atoms with E-state index in [1.54, 1.807) is 23.0 Å². The summed E-state index contributed by atoms with van der Waals surface area (Å²) in [5, 5.41) is 8.08. The summed E-state index contributed by atoms with van der Waals surface area (Å²) in [5.41, 5.74) is 1.77. The molecule has 3 aromatic rings. The molecule has 0 spiro atoms. The maximum atomic E-state index is 12.2. The Balaban J connectivity index is 1.50. The summed E-state index contributed by atoms with van der Waals surface area (Å²) < 4.78 is 7.06. The predicted molar refractivity (Wildman–Crippen MR) is 87.7 cm³/mol. The first-order valence-electron chi connectivity index (χ1n) is 7.80. The van der Waals surface area contributed by atoms with Crippen molar-refractivity contribution in [1.82, 2.24) is 24.8 Å². The van der Waals surface area contributed by atoms with Crippen molar-refractivity contribution in [2.75, 3.05) is 7.05 Å². The molecule has 0 N–H and O–H groups in total. The normalized spacial score (nSPS) is 10.7. The molecular formula is C17H19N5O2. The van der Waals surface area contributed by atoms with E-state index in [0.29, 0.717) is 25.3 Å². The standard InChI is InChI=1S/C17H19N5O2/c1-21(17(23)8-5-9-22-13-18-12-19-22)11-15-10-16(20-24-15)14-6-3-2-4-7-14/h2-4,6-7,10,12-13H,5,8-9,11H2,1H3. The number of hydrogen-bond donors (Lipinski definition) is 0. The molecule has 2 aromatic heterocycles. The van der Waals surface area contributed by atoms with Gasteiger partial charge in [0.25, 0.3) is 0 Å². The average Bonchev–Trinajstić information content (AvgIpc) is 3.27. The van der Waals surface area contributed by atoms with Gasteiger partial charge in [0.15, 0.2) is 5.76 Å². The van der Waals surface area contributed by atoms with Crippen LogP contribution in [0.15, 0.2) is 53.6 Å². The van der Waals surface area contributed by atoms with Gasteiger partial charge in [-0.25, -0.2) is 4.98 Å². The third-order valence-electron chi connectivity index (χ3n) is 3.69. The van der Waals surface area contributed by atoms with Gasteiger partial charge in [-0.2, -0.15) is 5.10 Å². The second-order valence-electron chi connectivity index (χ2n) is 5.56. The molecule has 124 valence electrons. The number of carbonyl (C=O) groups is 1. The zero-order valence-corrected chi connectivity index (χ0v) is 13.5. The van der Waals surface area contributed by atoms with Crippen molar-refractivity contribution >= 4 is 5.91 Å². The highest BCUT2D eigenvalue weighted by Gasteiger charge is 2.13. The van der Waals surface area contributed by atoms with Gasteiger partial charge < -0.3 is 9.42 Å². The Labute approximate surface area is 139 Å². The monoisotopic (exact) mass is 325 g/mol. The van der Waals surface area contributed by atoms with Crippen LogP contribution >= 0.6 is 0 Å². The maximum absolute atomic E-state index is 12.2. The summed E-state index contributed by atoms with van der Waals surface area (Å²) in [4.78, 5) is 17.7. The van der Waals surface area contributed by atoms with Crippen LogP contribution in [-0.4, -0.2) is 37.8 Å². The fraction of sp³-hybridized carbons (Fsp3) is 0.294. The topological polar surface area (TPSA) is 77.0 Å². The second kappa shape index (κ2) is 7.54. The molecule has 0 aliphatic rings. The molecule has 7 heteroatoms. The first-order valence-corrected chi connectivity index (χ1v) is 7.80. The number of aryl methyl sites for hydroxylation is 1. The summed E-state index contributed by atoms with van der Waals surface area (Å²) in [6, 6.07) is 11.7. The molecule has 3 rings (SSSR count). The van der Waals surface area contributed by atoms with Crippen molar-refractivity contribution in [3.8, 4) is 11.3 Å². The summed E-state index contributed by atoms with van der Waals surface area (Å²) in [5.74, 6) is 0.730. The number of aromatic nitrogens is 4. The Bertz CT molecular complexity index is 767. The van der Waals surface area contributed by atoms with Crippen LogP contribution in [0.3, 0.4) is 0 Å². The van der Waals surface area contributed by atoms with Crippen molar-refractivity contribution in [3.05, 3.63) is 54.8 Å². The third-order valence-corrected chi connectivity index (χ3v) is 3.69. The minimum atomic E-state index is 0.0628. The number of nitrogens with zero attached hydrogens (tertiary/aromatic N) is 5. The molecule has 1 amide bonds. The van der Waals surface area contributed by atoms with E-state index in [1.165, 1.54) is 6.33 Å². The molecule has 0 atom stereocenters. The van der Waals surface area contributed by atoms with Crippen LogP contribution in [0.1, 0.15) is 18.6 Å². The zero-order chi connectivity index (χ0) is 16.8. The molecule has 0 saturated carbocycles. The molecule has 0 aliphatic carbocycles. The molecular weight excluding hydrogens is 306 g/mol. The average molecular weight is 325 g/mol. The minimum Gasteiger partial charge on any atom is -0.359 e. The number of carbonyl (C=O) groups excluding carboxylic acids is 1. The molecule has 0 fully saturated rings. The van der Waals surface area contributed by atoms with Crippen LogP contribution in [0.4, 0.5) is 0 Å². The van der Waals surface area contributed by atoms with E-state index in [0.717, 1.165) is 17.7 Å². The summed E-state index contributed by atoms with van der Waals surface area (Å²) in [7, 11) is 1.77. The van der Waals surface area contributed by atoms with Gasteiger partial charge in [-0.3, -0.25) is 9.48 Å². The van der Waals surface area contributed by atoms with E-state index >= 15 is 0 Å². The molecule has 0 saturated heterocycles. The van der Waals surface area contributed by atoms with Crippen molar-refractivity contribution in [2.45, 2.75) is 25.9 Å². The second-order valence-corrected chi connectivity index (χ2v) is 5.56. The largest absolute Gasteiger partial charge is 0.359 e. The zero-order valence-electron chi connectivity index (χ0n) is 13.5. The number of benzene rings is 1. The molecule has 0 unspecified atom stereocenters. The summed E-state index contributed by atoms with van der Waals surface area (Å²) >= 11 is 0. The summed E-state index contributed by atoms with van der Waals surface area (Å²) in [6.07, 6.45) is 4.31. The fourth-order valence-electron chi connectivity index (χ4n) is 2.39. The molecule has 2 heterocycles. The van der Waals surface area contributed by atoms with Crippen molar-refractivity contribution in [3.63, 3.8) is 0 Å². The number of amides is 1.